The van der Waals surface area contributed by atoms with Crippen molar-refractivity contribution in [3.8, 4) is 44.8 Å². The third-order valence-electron chi connectivity index (χ3n) is 10.1. The number of benzene rings is 8. The summed E-state index contributed by atoms with van der Waals surface area (Å²) in [5, 5.41) is 19.4. The first-order valence-corrected chi connectivity index (χ1v) is 18.3. The molecule has 0 atom stereocenters. The molecule has 52 heavy (non-hydrogen) atoms. The highest BCUT2D eigenvalue weighted by molar-refractivity contribution is 7.26. The Balaban J connectivity index is 1.07. The number of hydrogen-bond donors (Lipinski definition) is 2. The van der Waals surface area contributed by atoms with Crippen LogP contribution in [0.4, 0.5) is 11.4 Å². The number of aromatic nitrogens is 1. The zero-order valence-electron chi connectivity index (χ0n) is 28.1. The van der Waals surface area contributed by atoms with Crippen LogP contribution in [0.2, 0.25) is 0 Å². The van der Waals surface area contributed by atoms with Crippen LogP contribution < -0.4 is 5.32 Å². The van der Waals surface area contributed by atoms with E-state index in [1.807, 2.05) is 29.5 Å². The SMILES string of the molecule is Oc1ccccc1-c1cccc(-n2c3ccccc3c3c4sc5ccc(-c6cccc(Nc7ccccc7-c7ccccc7)c6)cc5c4ccc32)c1. The summed E-state index contributed by atoms with van der Waals surface area (Å²) in [5.41, 5.74) is 12.1. The molecular formula is C48H32N2OS. The van der Waals surface area contributed by atoms with Gasteiger partial charge in [0.1, 0.15) is 5.75 Å². The first-order chi connectivity index (χ1) is 25.7. The van der Waals surface area contributed by atoms with E-state index in [-0.39, 0.29) is 5.75 Å². The molecule has 0 aliphatic rings. The van der Waals surface area contributed by atoms with Crippen LogP contribution in [0, 0.1) is 0 Å². The summed E-state index contributed by atoms with van der Waals surface area (Å²) in [6.45, 7) is 0. The molecule has 0 saturated heterocycles. The Labute approximate surface area is 305 Å². The number of hydrogen-bond acceptors (Lipinski definition) is 3. The molecule has 0 spiro atoms. The third kappa shape index (κ3) is 5.04. The summed E-state index contributed by atoms with van der Waals surface area (Å²) in [4.78, 5) is 0. The van der Waals surface area contributed by atoms with Crippen molar-refractivity contribution >= 4 is 64.7 Å². The minimum Gasteiger partial charge on any atom is -0.507 e. The number of fused-ring (bicyclic) bond motifs is 7. The molecule has 0 saturated carbocycles. The van der Waals surface area contributed by atoms with Gasteiger partial charge in [0, 0.05) is 59.1 Å². The zero-order valence-corrected chi connectivity index (χ0v) is 28.9. The van der Waals surface area contributed by atoms with E-state index < -0.39 is 0 Å². The van der Waals surface area contributed by atoms with Crippen LogP contribution >= 0.6 is 11.3 Å². The fourth-order valence-corrected chi connectivity index (χ4v) is 8.91. The normalized spacial score (nSPS) is 11.5. The van der Waals surface area contributed by atoms with Gasteiger partial charge in [0.05, 0.1) is 11.0 Å². The lowest BCUT2D eigenvalue weighted by atomic mass is 10.0. The molecule has 0 radical (unpaired) electrons. The second kappa shape index (κ2) is 12.3. The number of aromatic hydroxyl groups is 1. The van der Waals surface area contributed by atoms with Crippen molar-refractivity contribution in [2.24, 2.45) is 0 Å². The lowest BCUT2D eigenvalue weighted by Crippen LogP contribution is -1.94. The standard InChI is InChI=1S/C48H32N2OS/c51-45-23-9-6-19-38(45)34-15-11-17-36(29-34)50-43-22-8-5-20-40(43)47-44(50)26-25-39-41-30-33(24-27-46(41)52-48(39)47)32-14-10-16-35(28-32)49-42-21-7-4-18-37(42)31-12-2-1-3-13-31/h1-30,49,51H. The van der Waals surface area contributed by atoms with Gasteiger partial charge in [0.2, 0.25) is 0 Å². The maximum Gasteiger partial charge on any atom is 0.123 e. The largest absolute Gasteiger partial charge is 0.507 e. The van der Waals surface area contributed by atoms with Gasteiger partial charge in [0.25, 0.3) is 0 Å². The van der Waals surface area contributed by atoms with Crippen molar-refractivity contribution in [1.82, 2.24) is 4.57 Å². The van der Waals surface area contributed by atoms with Crippen molar-refractivity contribution in [2.75, 3.05) is 5.32 Å². The van der Waals surface area contributed by atoms with Crippen molar-refractivity contribution in [3.63, 3.8) is 0 Å². The molecular weight excluding hydrogens is 653 g/mol. The van der Waals surface area contributed by atoms with Gasteiger partial charge in [-0.25, -0.2) is 0 Å². The Morgan fingerprint density at radius 2 is 1.19 bits per heavy atom. The number of phenols is 1. The van der Waals surface area contributed by atoms with Gasteiger partial charge in [-0.05, 0) is 82.9 Å². The lowest BCUT2D eigenvalue weighted by molar-refractivity contribution is 0.477. The number of nitrogens with one attached hydrogen (secondary N) is 1. The Morgan fingerprint density at radius 1 is 0.462 bits per heavy atom. The van der Waals surface area contributed by atoms with Crippen molar-refractivity contribution in [2.45, 2.75) is 0 Å². The van der Waals surface area contributed by atoms with E-state index in [1.165, 1.54) is 58.7 Å². The number of thiophene rings is 1. The topological polar surface area (TPSA) is 37.2 Å². The molecule has 0 aliphatic heterocycles. The first-order valence-electron chi connectivity index (χ1n) is 17.5. The number of phenolic OH excluding ortho intramolecular Hbond substituents is 1. The molecule has 0 aliphatic carbocycles. The summed E-state index contributed by atoms with van der Waals surface area (Å²) < 4.78 is 4.93. The molecule has 4 heteroatoms. The van der Waals surface area contributed by atoms with Crippen LogP contribution in [-0.2, 0) is 0 Å². The molecule has 2 aromatic heterocycles. The highest BCUT2D eigenvalue weighted by Crippen LogP contribution is 2.45. The van der Waals surface area contributed by atoms with Crippen molar-refractivity contribution < 1.29 is 5.11 Å². The van der Waals surface area contributed by atoms with E-state index in [9.17, 15) is 5.11 Å². The lowest BCUT2D eigenvalue weighted by Gasteiger charge is -2.13. The van der Waals surface area contributed by atoms with Gasteiger partial charge < -0.3 is 15.0 Å². The maximum atomic E-state index is 10.6. The van der Waals surface area contributed by atoms with Gasteiger partial charge in [0.15, 0.2) is 0 Å². The molecule has 246 valence electrons. The monoisotopic (exact) mass is 684 g/mol. The zero-order chi connectivity index (χ0) is 34.6. The van der Waals surface area contributed by atoms with E-state index in [2.05, 4.69) is 168 Å². The summed E-state index contributed by atoms with van der Waals surface area (Å²) in [5.74, 6) is 0.282. The van der Waals surface area contributed by atoms with Crippen molar-refractivity contribution in [3.05, 3.63) is 182 Å². The van der Waals surface area contributed by atoms with E-state index in [4.69, 9.17) is 0 Å². The van der Waals surface area contributed by atoms with E-state index in [0.29, 0.717) is 0 Å². The molecule has 0 bridgehead atoms. The summed E-state index contributed by atoms with van der Waals surface area (Å²) >= 11 is 1.87. The molecule has 10 aromatic rings. The molecule has 0 amide bonds. The van der Waals surface area contributed by atoms with Gasteiger partial charge in [-0.2, -0.15) is 0 Å². The molecule has 2 N–H and O–H groups in total. The fraction of sp³-hybridized carbons (Fsp3) is 0. The minimum absolute atomic E-state index is 0.282. The number of rotatable bonds is 6. The van der Waals surface area contributed by atoms with Crippen LogP contribution in [0.25, 0.3) is 81.0 Å². The molecule has 8 aromatic carbocycles. The van der Waals surface area contributed by atoms with Crippen LogP contribution in [-0.4, -0.2) is 9.67 Å². The van der Waals surface area contributed by atoms with Gasteiger partial charge in [-0.1, -0.05) is 121 Å². The molecule has 0 unspecified atom stereocenters. The first kappa shape index (κ1) is 30.2. The smallest absolute Gasteiger partial charge is 0.123 e. The summed E-state index contributed by atoms with van der Waals surface area (Å²) in [6.07, 6.45) is 0. The molecule has 3 nitrogen and oxygen atoms in total. The third-order valence-corrected chi connectivity index (χ3v) is 11.3. The highest BCUT2D eigenvalue weighted by Gasteiger charge is 2.18. The van der Waals surface area contributed by atoms with Crippen LogP contribution in [0.3, 0.4) is 0 Å². The van der Waals surface area contributed by atoms with Crippen LogP contribution in [0.5, 0.6) is 5.75 Å². The Bertz CT molecular complexity index is 2960. The quantitative estimate of drug-likeness (QED) is 0.183. The summed E-state index contributed by atoms with van der Waals surface area (Å²) in [6, 6.07) is 63.8. The van der Waals surface area contributed by atoms with Crippen LogP contribution in [0.15, 0.2) is 182 Å². The van der Waals surface area contributed by atoms with Gasteiger partial charge in [-0.15, -0.1) is 11.3 Å². The average molecular weight is 685 g/mol. The Morgan fingerprint density at radius 3 is 2.10 bits per heavy atom. The van der Waals surface area contributed by atoms with Gasteiger partial charge in [-0.3, -0.25) is 0 Å². The Kier molecular flexibility index (Phi) is 7.15. The number of para-hydroxylation sites is 3. The van der Waals surface area contributed by atoms with E-state index in [1.54, 1.807) is 6.07 Å². The fourth-order valence-electron chi connectivity index (χ4n) is 7.67. The molecule has 2 heterocycles. The summed E-state index contributed by atoms with van der Waals surface area (Å²) in [7, 11) is 0. The Hall–Kier alpha value is -6.62. The molecule has 10 rings (SSSR count). The second-order valence-corrected chi connectivity index (χ2v) is 14.2. The maximum absolute atomic E-state index is 10.6. The van der Waals surface area contributed by atoms with Gasteiger partial charge >= 0.3 is 0 Å². The predicted molar refractivity (Wildman–Crippen MR) is 221 cm³/mol. The molecule has 0 fully saturated rings. The van der Waals surface area contributed by atoms with Crippen molar-refractivity contribution in [1.29, 1.82) is 0 Å². The second-order valence-electron chi connectivity index (χ2n) is 13.2. The average Bonchev–Trinajstić information content (AvgIpc) is 3.74. The minimum atomic E-state index is 0.282. The number of nitrogens with zero attached hydrogens (tertiary/aromatic N) is 1. The van der Waals surface area contributed by atoms with E-state index >= 15 is 0 Å². The predicted octanol–water partition coefficient (Wildman–Crippen LogP) is 13.6. The highest BCUT2D eigenvalue weighted by atomic mass is 32.1. The van der Waals surface area contributed by atoms with E-state index in [0.717, 1.165) is 33.7 Å². The number of anilines is 2. The van der Waals surface area contributed by atoms with Crippen LogP contribution in [0.1, 0.15) is 0 Å².